The van der Waals surface area contributed by atoms with Crippen molar-refractivity contribution in [2.45, 2.75) is 13.1 Å². The number of nitrogens with zero attached hydrogens (tertiary/aromatic N) is 2. The number of aryl methyl sites for hydroxylation is 1. The van der Waals surface area contributed by atoms with Crippen LogP contribution in [0.15, 0.2) is 30.5 Å². The van der Waals surface area contributed by atoms with Crippen molar-refractivity contribution in [3.05, 3.63) is 47.4 Å². The highest BCUT2D eigenvalue weighted by atomic mass is 19.4. The summed E-state index contributed by atoms with van der Waals surface area (Å²) in [4.78, 5) is 18.5. The lowest BCUT2D eigenvalue weighted by Gasteiger charge is -2.12. The van der Waals surface area contributed by atoms with E-state index in [0.29, 0.717) is 11.8 Å². The lowest BCUT2D eigenvalue weighted by Crippen LogP contribution is -2.16. The maximum Gasteiger partial charge on any atom is 0.433 e. The number of hydrogen-bond donors (Lipinski definition) is 1. The van der Waals surface area contributed by atoms with Crippen molar-refractivity contribution in [2.75, 3.05) is 0 Å². The second kappa shape index (κ2) is 5.39. The lowest BCUT2D eigenvalue weighted by atomic mass is 10.2. The molecule has 0 spiro atoms. The Hall–Kier alpha value is -2.64. The van der Waals surface area contributed by atoms with Crippen molar-refractivity contribution in [1.29, 1.82) is 0 Å². The molecule has 0 atom stereocenters. The lowest BCUT2D eigenvalue weighted by molar-refractivity contribution is -0.141. The van der Waals surface area contributed by atoms with E-state index in [9.17, 15) is 18.0 Å². The first-order valence-corrected chi connectivity index (χ1v) is 5.76. The second-order valence-corrected chi connectivity index (χ2v) is 4.10. The minimum atomic E-state index is -4.65. The molecule has 0 aliphatic rings. The Morgan fingerprint density at radius 1 is 1.29 bits per heavy atom. The van der Waals surface area contributed by atoms with Gasteiger partial charge in [0.05, 0.1) is 5.69 Å². The van der Waals surface area contributed by atoms with E-state index in [-0.39, 0.29) is 11.3 Å². The van der Waals surface area contributed by atoms with E-state index in [1.807, 2.05) is 0 Å². The molecule has 0 radical (unpaired) electrons. The summed E-state index contributed by atoms with van der Waals surface area (Å²) in [5.41, 5.74) is 4.13. The molecule has 110 valence electrons. The number of carbonyl (C=O) groups excluding carboxylic acids is 1. The van der Waals surface area contributed by atoms with Crippen LogP contribution in [0, 0.1) is 6.92 Å². The van der Waals surface area contributed by atoms with Gasteiger partial charge >= 0.3 is 6.18 Å². The van der Waals surface area contributed by atoms with Crippen LogP contribution in [-0.2, 0) is 6.18 Å². The molecule has 0 aliphatic heterocycles. The monoisotopic (exact) mass is 297 g/mol. The predicted octanol–water partition coefficient (Wildman–Crippen LogP) is 2.70. The molecule has 0 aromatic carbocycles. The van der Waals surface area contributed by atoms with Gasteiger partial charge in [-0.1, -0.05) is 0 Å². The number of aromatic nitrogens is 2. The van der Waals surface area contributed by atoms with Gasteiger partial charge in [-0.05, 0) is 31.2 Å². The van der Waals surface area contributed by atoms with Gasteiger partial charge in [0, 0.05) is 6.20 Å². The molecule has 2 N–H and O–H groups in total. The van der Waals surface area contributed by atoms with E-state index in [1.165, 1.54) is 12.3 Å². The molecule has 8 heteroatoms. The average molecular weight is 297 g/mol. The zero-order valence-corrected chi connectivity index (χ0v) is 10.8. The Morgan fingerprint density at radius 2 is 2.00 bits per heavy atom. The van der Waals surface area contributed by atoms with Crippen LogP contribution < -0.4 is 10.5 Å². The summed E-state index contributed by atoms with van der Waals surface area (Å²) in [5, 5.41) is 0. The van der Waals surface area contributed by atoms with E-state index in [0.717, 1.165) is 6.07 Å². The van der Waals surface area contributed by atoms with Crippen LogP contribution in [0.3, 0.4) is 0 Å². The van der Waals surface area contributed by atoms with Crippen LogP contribution in [0.5, 0.6) is 11.6 Å². The number of carbonyl (C=O) groups is 1. The molecular weight excluding hydrogens is 287 g/mol. The highest BCUT2D eigenvalue weighted by molar-refractivity contribution is 5.95. The minimum absolute atomic E-state index is 0.187. The number of halogens is 3. The van der Waals surface area contributed by atoms with Crippen molar-refractivity contribution in [3.63, 3.8) is 0 Å². The number of rotatable bonds is 3. The Kier molecular flexibility index (Phi) is 3.79. The van der Waals surface area contributed by atoms with Gasteiger partial charge in [0.1, 0.15) is 11.3 Å². The largest absolute Gasteiger partial charge is 0.436 e. The number of primary amides is 1. The van der Waals surface area contributed by atoms with Gasteiger partial charge in [0.15, 0.2) is 5.75 Å². The van der Waals surface area contributed by atoms with Crippen LogP contribution in [0.4, 0.5) is 13.2 Å². The quantitative estimate of drug-likeness (QED) is 0.944. The maximum atomic E-state index is 12.7. The van der Waals surface area contributed by atoms with Gasteiger partial charge in [0.25, 0.3) is 5.91 Å². The minimum Gasteiger partial charge on any atom is -0.436 e. The molecule has 2 aromatic heterocycles. The molecule has 0 bridgehead atoms. The average Bonchev–Trinajstić information content (AvgIpc) is 2.40. The van der Waals surface area contributed by atoms with Gasteiger partial charge < -0.3 is 10.5 Å². The highest BCUT2D eigenvalue weighted by Gasteiger charge is 2.33. The number of hydrogen-bond acceptors (Lipinski definition) is 4. The Morgan fingerprint density at radius 3 is 2.57 bits per heavy atom. The topological polar surface area (TPSA) is 78.1 Å². The number of ether oxygens (including phenoxy) is 1. The van der Waals surface area contributed by atoms with Gasteiger partial charge in [0.2, 0.25) is 5.88 Å². The van der Waals surface area contributed by atoms with Crippen LogP contribution in [-0.4, -0.2) is 15.9 Å². The van der Waals surface area contributed by atoms with Gasteiger partial charge in [-0.3, -0.25) is 9.78 Å². The molecule has 0 saturated carbocycles. The van der Waals surface area contributed by atoms with E-state index in [1.54, 1.807) is 13.0 Å². The number of nitrogens with two attached hydrogens (primary N) is 1. The summed E-state index contributed by atoms with van der Waals surface area (Å²) in [6.07, 6.45) is -3.16. The molecule has 0 fully saturated rings. The first-order chi connectivity index (χ1) is 9.79. The fourth-order valence-electron chi connectivity index (χ4n) is 1.55. The van der Waals surface area contributed by atoms with Crippen molar-refractivity contribution in [2.24, 2.45) is 5.73 Å². The van der Waals surface area contributed by atoms with Crippen LogP contribution in [0.2, 0.25) is 0 Å². The van der Waals surface area contributed by atoms with Gasteiger partial charge in [-0.2, -0.15) is 13.2 Å². The van der Waals surface area contributed by atoms with Crippen molar-refractivity contribution in [1.82, 2.24) is 9.97 Å². The Balaban J connectivity index is 2.49. The molecule has 0 saturated heterocycles. The standard InChI is InChI=1S/C13H10F3N3O2/c1-7-9(3-2-6-18-7)21-12-8(11(17)20)4-5-10(19-12)13(14,15)16/h2-6H,1H3,(H2,17,20). The molecule has 0 aliphatic carbocycles. The molecule has 1 amide bonds. The van der Waals surface area contributed by atoms with Crippen LogP contribution >= 0.6 is 0 Å². The summed E-state index contributed by atoms with van der Waals surface area (Å²) in [7, 11) is 0. The normalized spacial score (nSPS) is 11.2. The molecule has 5 nitrogen and oxygen atoms in total. The zero-order chi connectivity index (χ0) is 15.6. The number of alkyl halides is 3. The molecule has 21 heavy (non-hydrogen) atoms. The summed E-state index contributed by atoms with van der Waals surface area (Å²) in [5.74, 6) is -1.26. The van der Waals surface area contributed by atoms with E-state index < -0.39 is 23.7 Å². The van der Waals surface area contributed by atoms with Crippen molar-refractivity contribution in [3.8, 4) is 11.6 Å². The molecular formula is C13H10F3N3O2. The van der Waals surface area contributed by atoms with Gasteiger partial charge in [-0.25, -0.2) is 4.98 Å². The van der Waals surface area contributed by atoms with E-state index in [4.69, 9.17) is 10.5 Å². The summed E-state index contributed by atoms with van der Waals surface area (Å²) < 4.78 is 43.3. The smallest absolute Gasteiger partial charge is 0.433 e. The molecule has 2 aromatic rings. The van der Waals surface area contributed by atoms with Crippen molar-refractivity contribution < 1.29 is 22.7 Å². The maximum absolute atomic E-state index is 12.7. The number of pyridine rings is 2. The second-order valence-electron chi connectivity index (χ2n) is 4.10. The summed E-state index contributed by atoms with van der Waals surface area (Å²) >= 11 is 0. The first kappa shape index (κ1) is 14.8. The highest BCUT2D eigenvalue weighted by Crippen LogP contribution is 2.32. The SMILES string of the molecule is Cc1ncccc1Oc1nc(C(F)(F)F)ccc1C(N)=O. The predicted molar refractivity (Wildman–Crippen MR) is 66.8 cm³/mol. The van der Waals surface area contributed by atoms with Crippen molar-refractivity contribution >= 4 is 5.91 Å². The van der Waals surface area contributed by atoms with Crippen LogP contribution in [0.1, 0.15) is 21.7 Å². The Labute approximate surface area is 117 Å². The fourth-order valence-corrected chi connectivity index (χ4v) is 1.55. The fraction of sp³-hybridized carbons (Fsp3) is 0.154. The van der Waals surface area contributed by atoms with Crippen LogP contribution in [0.25, 0.3) is 0 Å². The summed E-state index contributed by atoms with van der Waals surface area (Å²) in [6, 6.07) is 4.64. The third-order valence-electron chi connectivity index (χ3n) is 2.58. The van der Waals surface area contributed by atoms with Gasteiger partial charge in [-0.15, -0.1) is 0 Å². The molecule has 0 unspecified atom stereocenters. The zero-order valence-electron chi connectivity index (χ0n) is 10.8. The summed E-state index contributed by atoms with van der Waals surface area (Å²) in [6.45, 7) is 1.60. The first-order valence-electron chi connectivity index (χ1n) is 5.76. The Bertz CT molecular complexity index is 687. The third-order valence-corrected chi connectivity index (χ3v) is 2.58. The third kappa shape index (κ3) is 3.28. The molecule has 2 rings (SSSR count). The molecule has 2 heterocycles. The number of amides is 1. The van der Waals surface area contributed by atoms with E-state index >= 15 is 0 Å². The van der Waals surface area contributed by atoms with E-state index in [2.05, 4.69) is 9.97 Å².